The van der Waals surface area contributed by atoms with Crippen LogP contribution < -0.4 is 5.32 Å². The minimum Gasteiger partial charge on any atom is -0.463 e. The molecule has 1 N–H and O–H groups in total. The fourth-order valence-corrected chi connectivity index (χ4v) is 4.64. The van der Waals surface area contributed by atoms with Crippen LogP contribution in [0.3, 0.4) is 0 Å². The van der Waals surface area contributed by atoms with Crippen molar-refractivity contribution in [1.82, 2.24) is 15.2 Å². The number of amides is 2. The minimum atomic E-state index is -4.50. The Balaban J connectivity index is 1.58. The second-order valence-electron chi connectivity index (χ2n) is 9.28. The molecule has 1 atom stereocenters. The topological polar surface area (TPSA) is 88.6 Å². The van der Waals surface area contributed by atoms with Gasteiger partial charge < -0.3 is 15.0 Å². The number of ether oxygens (including phenoxy) is 1. The molecule has 2 aromatic carbocycles. The largest absolute Gasteiger partial charge is 0.463 e. The lowest BCUT2D eigenvalue weighted by Crippen LogP contribution is -2.38. The van der Waals surface area contributed by atoms with E-state index < -0.39 is 23.6 Å². The van der Waals surface area contributed by atoms with Gasteiger partial charge in [-0.25, -0.2) is 4.79 Å². The number of aromatic nitrogens is 1. The molecule has 2 amide bonds. The predicted octanol–water partition coefficient (Wildman–Crippen LogP) is 5.38. The number of pyridine rings is 1. The molecule has 40 heavy (non-hydrogen) atoms. The van der Waals surface area contributed by atoms with E-state index in [1.807, 2.05) is 6.07 Å². The number of nitrogens with zero attached hydrogens (tertiary/aromatic N) is 2. The maximum absolute atomic E-state index is 13.3. The molecular formula is C30H28F3N3O4. The van der Waals surface area contributed by atoms with E-state index in [0.29, 0.717) is 28.1 Å². The summed E-state index contributed by atoms with van der Waals surface area (Å²) in [6.45, 7) is 3.71. The predicted molar refractivity (Wildman–Crippen MR) is 141 cm³/mol. The molecule has 1 aromatic heterocycles. The molecule has 0 radical (unpaired) electrons. The molecule has 10 heteroatoms. The normalized spacial score (nSPS) is 15.7. The zero-order chi connectivity index (χ0) is 28.9. The van der Waals surface area contributed by atoms with Gasteiger partial charge in [0.25, 0.3) is 5.91 Å². The highest BCUT2D eigenvalue weighted by molar-refractivity contribution is 5.96. The van der Waals surface area contributed by atoms with Crippen LogP contribution in [0, 0.1) is 0 Å². The van der Waals surface area contributed by atoms with Crippen molar-refractivity contribution in [2.75, 3.05) is 6.61 Å². The minimum absolute atomic E-state index is 0.0919. The van der Waals surface area contributed by atoms with Gasteiger partial charge in [-0.1, -0.05) is 30.3 Å². The lowest BCUT2D eigenvalue weighted by molar-refractivity contribution is -0.140. The number of alkyl halides is 3. The summed E-state index contributed by atoms with van der Waals surface area (Å²) >= 11 is 0. The molecule has 1 unspecified atom stereocenters. The highest BCUT2D eigenvalue weighted by Crippen LogP contribution is 2.39. The fraction of sp³-hybridized carbons (Fsp3) is 0.267. The third kappa shape index (κ3) is 6.56. The summed E-state index contributed by atoms with van der Waals surface area (Å²) in [5, 5.41) is 2.81. The van der Waals surface area contributed by atoms with Crippen LogP contribution in [0.5, 0.6) is 0 Å². The first-order valence-electron chi connectivity index (χ1n) is 12.7. The van der Waals surface area contributed by atoms with Gasteiger partial charge in [-0.05, 0) is 61.4 Å². The monoisotopic (exact) mass is 551 g/mol. The molecule has 0 bridgehead atoms. The Hall–Kier alpha value is -4.47. The zero-order valence-corrected chi connectivity index (χ0v) is 22.0. The average molecular weight is 552 g/mol. The first kappa shape index (κ1) is 28.5. The number of carbonyl (C=O) groups is 3. The SMILES string of the molecule is CCOC(=O)C1=C(C)N(Cc2cccc(C(=O)NCc3ccccn3)c2)C(=O)CC1c1ccc(C(F)(F)F)cc1. The highest BCUT2D eigenvalue weighted by Gasteiger charge is 2.37. The number of benzene rings is 2. The van der Waals surface area contributed by atoms with Crippen molar-refractivity contribution < 1.29 is 32.3 Å². The summed E-state index contributed by atoms with van der Waals surface area (Å²) in [5.74, 6) is -2.00. The van der Waals surface area contributed by atoms with E-state index >= 15 is 0 Å². The maximum Gasteiger partial charge on any atom is 0.416 e. The fourth-order valence-electron chi connectivity index (χ4n) is 4.64. The zero-order valence-electron chi connectivity index (χ0n) is 22.0. The second-order valence-corrected chi connectivity index (χ2v) is 9.28. The molecule has 2 heterocycles. The standard InChI is InChI=1S/C30H28F3N3O4/c1-3-40-29(39)27-19(2)36(26(37)16-25(27)21-10-12-23(13-11-21)30(31,32)33)18-20-7-6-8-22(15-20)28(38)35-17-24-9-4-5-14-34-24/h4-15,25H,3,16-18H2,1-2H3,(H,35,38). The quantitative estimate of drug-likeness (QED) is 0.380. The lowest BCUT2D eigenvalue weighted by Gasteiger charge is -2.34. The van der Waals surface area contributed by atoms with E-state index in [2.05, 4.69) is 10.3 Å². The molecule has 1 aliphatic rings. The molecule has 0 spiro atoms. The molecule has 0 aliphatic carbocycles. The van der Waals surface area contributed by atoms with Crippen LogP contribution in [0.1, 0.15) is 58.9 Å². The Morgan fingerprint density at radius 3 is 2.48 bits per heavy atom. The lowest BCUT2D eigenvalue weighted by atomic mass is 9.83. The molecule has 0 saturated carbocycles. The van der Waals surface area contributed by atoms with Gasteiger partial charge in [0.15, 0.2) is 0 Å². The van der Waals surface area contributed by atoms with E-state index in [1.54, 1.807) is 56.4 Å². The average Bonchev–Trinajstić information content (AvgIpc) is 2.94. The smallest absolute Gasteiger partial charge is 0.416 e. The second kappa shape index (κ2) is 12.1. The van der Waals surface area contributed by atoms with Crippen molar-refractivity contribution >= 4 is 17.8 Å². The summed E-state index contributed by atoms with van der Waals surface area (Å²) in [6, 6.07) is 16.7. The van der Waals surface area contributed by atoms with Crippen LogP contribution in [0.25, 0.3) is 0 Å². The summed E-state index contributed by atoms with van der Waals surface area (Å²) in [4.78, 5) is 44.6. The molecular weight excluding hydrogens is 523 g/mol. The van der Waals surface area contributed by atoms with Gasteiger partial charge >= 0.3 is 12.1 Å². The summed E-state index contributed by atoms with van der Waals surface area (Å²) in [5.41, 5.74) is 1.93. The van der Waals surface area contributed by atoms with Crippen LogP contribution >= 0.6 is 0 Å². The number of rotatable bonds is 8. The number of allylic oxidation sites excluding steroid dienone is 1. The molecule has 1 aliphatic heterocycles. The maximum atomic E-state index is 13.3. The first-order valence-corrected chi connectivity index (χ1v) is 12.7. The van der Waals surface area contributed by atoms with Gasteiger partial charge in [-0.3, -0.25) is 14.6 Å². The van der Waals surface area contributed by atoms with Crippen LogP contribution in [0.15, 0.2) is 84.2 Å². The Kier molecular flexibility index (Phi) is 8.67. The van der Waals surface area contributed by atoms with Crippen molar-refractivity contribution in [3.8, 4) is 0 Å². The Labute approximate surface area is 229 Å². The molecule has 3 aromatic rings. The van der Waals surface area contributed by atoms with Crippen molar-refractivity contribution in [3.05, 3.63) is 112 Å². The van der Waals surface area contributed by atoms with Gasteiger partial charge in [-0.15, -0.1) is 0 Å². The van der Waals surface area contributed by atoms with Crippen molar-refractivity contribution in [1.29, 1.82) is 0 Å². The summed E-state index contributed by atoms with van der Waals surface area (Å²) in [7, 11) is 0. The third-order valence-electron chi connectivity index (χ3n) is 6.64. The number of nitrogens with one attached hydrogen (secondary N) is 1. The van der Waals surface area contributed by atoms with Crippen LogP contribution in [-0.4, -0.2) is 34.3 Å². The van der Waals surface area contributed by atoms with E-state index in [1.165, 1.54) is 17.0 Å². The van der Waals surface area contributed by atoms with Crippen molar-refractivity contribution in [2.24, 2.45) is 0 Å². The van der Waals surface area contributed by atoms with Crippen LogP contribution in [0.2, 0.25) is 0 Å². The van der Waals surface area contributed by atoms with Gasteiger partial charge in [0.05, 0.1) is 36.5 Å². The van der Waals surface area contributed by atoms with Gasteiger partial charge in [0.2, 0.25) is 5.91 Å². The molecule has 7 nitrogen and oxygen atoms in total. The molecule has 0 fully saturated rings. The van der Waals surface area contributed by atoms with Crippen LogP contribution in [0.4, 0.5) is 13.2 Å². The number of esters is 1. The highest BCUT2D eigenvalue weighted by atomic mass is 19.4. The summed E-state index contributed by atoms with van der Waals surface area (Å²) < 4.78 is 44.5. The Morgan fingerprint density at radius 1 is 1.07 bits per heavy atom. The first-order chi connectivity index (χ1) is 19.1. The Morgan fingerprint density at radius 2 is 1.82 bits per heavy atom. The van der Waals surface area contributed by atoms with E-state index in [-0.39, 0.29) is 43.5 Å². The van der Waals surface area contributed by atoms with Crippen molar-refractivity contribution in [3.63, 3.8) is 0 Å². The Bertz CT molecular complexity index is 1420. The van der Waals surface area contributed by atoms with Gasteiger partial charge in [-0.2, -0.15) is 13.2 Å². The van der Waals surface area contributed by atoms with Gasteiger partial charge in [0.1, 0.15) is 0 Å². The van der Waals surface area contributed by atoms with E-state index in [4.69, 9.17) is 4.74 Å². The number of hydrogen-bond acceptors (Lipinski definition) is 5. The van der Waals surface area contributed by atoms with Crippen LogP contribution in [-0.2, 0) is 33.6 Å². The molecule has 4 rings (SSSR count). The van der Waals surface area contributed by atoms with Crippen molar-refractivity contribution in [2.45, 2.75) is 45.5 Å². The number of halogens is 3. The molecule has 0 saturated heterocycles. The van der Waals surface area contributed by atoms with E-state index in [9.17, 15) is 27.6 Å². The molecule has 208 valence electrons. The summed E-state index contributed by atoms with van der Waals surface area (Å²) in [6.07, 6.45) is -2.99. The number of carbonyl (C=O) groups excluding carboxylic acids is 3. The van der Waals surface area contributed by atoms with E-state index in [0.717, 1.165) is 12.1 Å². The number of hydrogen-bond donors (Lipinski definition) is 1. The third-order valence-corrected chi connectivity index (χ3v) is 6.64. The van der Waals surface area contributed by atoms with Gasteiger partial charge in [0, 0.05) is 29.8 Å².